The molecule has 1 aliphatic heterocycles. The highest BCUT2D eigenvalue weighted by molar-refractivity contribution is 6.00. The molecule has 0 unspecified atom stereocenters. The molecule has 3 aromatic rings. The molecule has 1 aliphatic carbocycles. The van der Waals surface area contributed by atoms with Gasteiger partial charge in [0.2, 0.25) is 5.91 Å². The van der Waals surface area contributed by atoms with Crippen LogP contribution >= 0.6 is 0 Å². The summed E-state index contributed by atoms with van der Waals surface area (Å²) in [4.78, 5) is 13.2. The number of rotatable bonds is 4. The van der Waals surface area contributed by atoms with E-state index in [9.17, 15) is 4.79 Å². The third kappa shape index (κ3) is 3.24. The second kappa shape index (κ2) is 7.47. The van der Waals surface area contributed by atoms with E-state index in [0.29, 0.717) is 0 Å². The van der Waals surface area contributed by atoms with E-state index in [-0.39, 0.29) is 5.91 Å². The zero-order valence-corrected chi connectivity index (χ0v) is 16.6. The SMILES string of the molecule is O=C(Nc1cccc(-c2nnc3n2CCCCC3)c1)C1(c2ccccc2)CCC1. The number of anilines is 1. The van der Waals surface area contributed by atoms with Crippen LogP contribution in [-0.4, -0.2) is 20.7 Å². The van der Waals surface area contributed by atoms with Gasteiger partial charge in [0.1, 0.15) is 5.82 Å². The maximum Gasteiger partial charge on any atom is 0.235 e. The van der Waals surface area contributed by atoms with E-state index in [4.69, 9.17) is 0 Å². The number of aromatic nitrogens is 3. The van der Waals surface area contributed by atoms with E-state index in [1.165, 1.54) is 12.8 Å². The number of aryl methyl sites for hydroxylation is 1. The molecule has 0 saturated heterocycles. The number of carbonyl (C=O) groups is 1. The zero-order valence-electron chi connectivity index (χ0n) is 16.6. The van der Waals surface area contributed by atoms with Crippen molar-refractivity contribution >= 4 is 11.6 Å². The normalized spacial score (nSPS) is 17.7. The van der Waals surface area contributed by atoms with Crippen LogP contribution < -0.4 is 5.32 Å². The summed E-state index contributed by atoms with van der Waals surface area (Å²) < 4.78 is 2.24. The minimum atomic E-state index is -0.400. The molecule has 0 spiro atoms. The van der Waals surface area contributed by atoms with Crippen molar-refractivity contribution in [2.24, 2.45) is 0 Å². The maximum absolute atomic E-state index is 13.2. The Bertz CT molecular complexity index is 1020. The van der Waals surface area contributed by atoms with Crippen molar-refractivity contribution in [3.8, 4) is 11.4 Å². The average Bonchev–Trinajstić information content (AvgIpc) is 2.96. The molecule has 1 fully saturated rings. The largest absolute Gasteiger partial charge is 0.325 e. The van der Waals surface area contributed by atoms with Crippen LogP contribution in [0.3, 0.4) is 0 Å². The average molecular weight is 386 g/mol. The van der Waals surface area contributed by atoms with Crippen LogP contribution in [0.4, 0.5) is 5.69 Å². The van der Waals surface area contributed by atoms with Crippen molar-refractivity contribution < 1.29 is 4.79 Å². The minimum absolute atomic E-state index is 0.0900. The summed E-state index contributed by atoms with van der Waals surface area (Å²) in [7, 11) is 0. The van der Waals surface area contributed by atoms with E-state index in [1.54, 1.807) is 0 Å². The summed E-state index contributed by atoms with van der Waals surface area (Å²) in [6.45, 7) is 0.964. The first-order valence-corrected chi connectivity index (χ1v) is 10.7. The third-order valence-electron chi connectivity index (χ3n) is 6.46. The van der Waals surface area contributed by atoms with Crippen molar-refractivity contribution in [2.45, 2.75) is 56.9 Å². The second-order valence-corrected chi connectivity index (χ2v) is 8.24. The fourth-order valence-corrected chi connectivity index (χ4v) is 4.62. The Morgan fingerprint density at radius 2 is 1.79 bits per heavy atom. The molecule has 1 saturated carbocycles. The summed E-state index contributed by atoms with van der Waals surface area (Å²) in [6, 6.07) is 18.2. The summed E-state index contributed by atoms with van der Waals surface area (Å²) in [5.41, 5.74) is 2.54. The highest BCUT2D eigenvalue weighted by Gasteiger charge is 2.45. The Kier molecular flexibility index (Phi) is 4.66. The van der Waals surface area contributed by atoms with Gasteiger partial charge in [0, 0.05) is 24.2 Å². The van der Waals surface area contributed by atoms with Gasteiger partial charge < -0.3 is 9.88 Å². The molecule has 2 heterocycles. The number of carbonyl (C=O) groups excluding carboxylic acids is 1. The molecule has 0 radical (unpaired) electrons. The number of nitrogens with one attached hydrogen (secondary N) is 1. The molecule has 5 heteroatoms. The summed E-state index contributed by atoms with van der Waals surface area (Å²) in [6.07, 6.45) is 7.46. The number of benzene rings is 2. The van der Waals surface area contributed by atoms with E-state index < -0.39 is 5.41 Å². The van der Waals surface area contributed by atoms with Crippen LogP contribution in [0.25, 0.3) is 11.4 Å². The second-order valence-electron chi connectivity index (χ2n) is 8.24. The molecular formula is C24H26N4O. The Hall–Kier alpha value is -2.95. The number of fused-ring (bicyclic) bond motifs is 1. The number of hydrogen-bond acceptors (Lipinski definition) is 3. The fourth-order valence-electron chi connectivity index (χ4n) is 4.62. The molecule has 5 rings (SSSR count). The predicted molar refractivity (Wildman–Crippen MR) is 114 cm³/mol. The molecule has 2 aliphatic rings. The smallest absolute Gasteiger partial charge is 0.235 e. The predicted octanol–water partition coefficient (Wildman–Crippen LogP) is 4.73. The Labute approximate surface area is 171 Å². The van der Waals surface area contributed by atoms with Gasteiger partial charge in [-0.3, -0.25) is 4.79 Å². The fraction of sp³-hybridized carbons (Fsp3) is 0.375. The van der Waals surface area contributed by atoms with Crippen molar-refractivity contribution in [2.75, 3.05) is 5.32 Å². The Morgan fingerprint density at radius 1 is 0.931 bits per heavy atom. The first-order valence-electron chi connectivity index (χ1n) is 10.7. The van der Waals surface area contributed by atoms with Crippen LogP contribution in [0.5, 0.6) is 0 Å². The number of hydrogen-bond donors (Lipinski definition) is 1. The molecule has 1 N–H and O–H groups in total. The molecule has 148 valence electrons. The van der Waals surface area contributed by atoms with Crippen LogP contribution in [0.15, 0.2) is 54.6 Å². The molecule has 2 aromatic carbocycles. The lowest BCUT2D eigenvalue weighted by molar-refractivity contribution is -0.124. The van der Waals surface area contributed by atoms with Crippen molar-refractivity contribution in [3.63, 3.8) is 0 Å². The number of nitrogens with zero attached hydrogens (tertiary/aromatic N) is 3. The van der Waals surface area contributed by atoms with Crippen LogP contribution in [-0.2, 0) is 23.2 Å². The van der Waals surface area contributed by atoms with Crippen molar-refractivity contribution in [1.82, 2.24) is 14.8 Å². The Balaban J connectivity index is 1.41. The van der Waals surface area contributed by atoms with Gasteiger partial charge in [0.25, 0.3) is 0 Å². The van der Waals surface area contributed by atoms with Crippen molar-refractivity contribution in [1.29, 1.82) is 0 Å². The molecule has 0 bridgehead atoms. The van der Waals surface area contributed by atoms with Crippen LogP contribution in [0, 0.1) is 0 Å². The van der Waals surface area contributed by atoms with Crippen molar-refractivity contribution in [3.05, 3.63) is 66.0 Å². The summed E-state index contributed by atoms with van der Waals surface area (Å²) in [5, 5.41) is 12.0. The monoisotopic (exact) mass is 386 g/mol. The van der Waals surface area contributed by atoms with Gasteiger partial charge in [0.05, 0.1) is 5.41 Å². The van der Waals surface area contributed by atoms with Gasteiger partial charge in [-0.1, -0.05) is 55.3 Å². The summed E-state index contributed by atoms with van der Waals surface area (Å²) >= 11 is 0. The van der Waals surface area contributed by atoms with E-state index in [1.807, 2.05) is 42.5 Å². The molecule has 1 amide bonds. The molecular weight excluding hydrogens is 360 g/mol. The molecule has 29 heavy (non-hydrogen) atoms. The number of amides is 1. The standard InChI is InChI=1S/C24H26N4O/c29-23(24(14-8-15-24)19-10-3-1-4-11-19)25-20-12-7-9-18(17-20)22-27-26-21-13-5-2-6-16-28(21)22/h1,3-4,7,9-12,17H,2,5-6,8,13-16H2,(H,25,29). The lowest BCUT2D eigenvalue weighted by Crippen LogP contribution is -2.45. The third-order valence-corrected chi connectivity index (χ3v) is 6.46. The maximum atomic E-state index is 13.2. The first-order chi connectivity index (χ1) is 14.3. The lowest BCUT2D eigenvalue weighted by atomic mass is 9.64. The molecule has 1 aromatic heterocycles. The van der Waals surface area contributed by atoms with E-state index >= 15 is 0 Å². The first kappa shape index (κ1) is 18.1. The minimum Gasteiger partial charge on any atom is -0.325 e. The topological polar surface area (TPSA) is 59.8 Å². The Morgan fingerprint density at radius 3 is 2.59 bits per heavy atom. The van der Waals surface area contributed by atoms with Gasteiger partial charge in [0.15, 0.2) is 5.82 Å². The van der Waals surface area contributed by atoms with Gasteiger partial charge >= 0.3 is 0 Å². The summed E-state index contributed by atoms with van der Waals surface area (Å²) in [5.74, 6) is 2.07. The highest BCUT2D eigenvalue weighted by atomic mass is 16.2. The van der Waals surface area contributed by atoms with E-state index in [2.05, 4.69) is 32.2 Å². The quantitative estimate of drug-likeness (QED) is 0.705. The van der Waals surface area contributed by atoms with Gasteiger partial charge in [-0.2, -0.15) is 0 Å². The molecule has 0 atom stereocenters. The van der Waals surface area contributed by atoms with Crippen LogP contribution in [0.2, 0.25) is 0 Å². The lowest BCUT2D eigenvalue weighted by Gasteiger charge is -2.40. The van der Waals surface area contributed by atoms with Gasteiger partial charge in [-0.25, -0.2) is 0 Å². The zero-order chi connectivity index (χ0) is 19.7. The van der Waals surface area contributed by atoms with E-state index in [0.717, 1.165) is 67.1 Å². The molecule has 5 nitrogen and oxygen atoms in total. The highest BCUT2D eigenvalue weighted by Crippen LogP contribution is 2.44. The van der Waals surface area contributed by atoms with Gasteiger partial charge in [-0.15, -0.1) is 10.2 Å². The van der Waals surface area contributed by atoms with Crippen LogP contribution in [0.1, 0.15) is 49.9 Å². The van der Waals surface area contributed by atoms with Gasteiger partial charge in [-0.05, 0) is 43.4 Å².